The van der Waals surface area contributed by atoms with Crippen molar-refractivity contribution in [1.29, 1.82) is 0 Å². The summed E-state index contributed by atoms with van der Waals surface area (Å²) in [5.74, 6) is 2.85. The van der Waals surface area contributed by atoms with Gasteiger partial charge in [-0.3, -0.25) is 4.98 Å². The quantitative estimate of drug-likeness (QED) is 0.733. The van der Waals surface area contributed by atoms with E-state index in [1.165, 1.54) is 0 Å². The van der Waals surface area contributed by atoms with E-state index in [-0.39, 0.29) is 6.61 Å². The van der Waals surface area contributed by atoms with Crippen LogP contribution in [0, 0.1) is 12.3 Å². The lowest BCUT2D eigenvalue weighted by Gasteiger charge is -1.99. The fraction of sp³-hybridized carbons (Fsp3) is 0.100. The molecule has 4 nitrogen and oxygen atoms in total. The Hall–Kier alpha value is -1.93. The Kier molecular flexibility index (Phi) is 2.90. The van der Waals surface area contributed by atoms with Gasteiger partial charge in [-0.15, -0.1) is 10.8 Å². The number of nitrogens with zero attached hydrogens (tertiary/aromatic N) is 3. The molecule has 0 aliphatic rings. The van der Waals surface area contributed by atoms with Crippen LogP contribution in [0.3, 0.4) is 0 Å². The van der Waals surface area contributed by atoms with Gasteiger partial charge in [-0.25, -0.2) is 0 Å². The molecule has 0 aliphatic carbocycles. The summed E-state index contributed by atoms with van der Waals surface area (Å²) >= 11 is 1.09. The third-order valence-electron chi connectivity index (χ3n) is 1.69. The number of ether oxygens (including phenoxy) is 1. The molecule has 0 radical (unpaired) electrons. The third kappa shape index (κ3) is 2.11. The van der Waals surface area contributed by atoms with Crippen molar-refractivity contribution in [3.63, 3.8) is 0 Å². The molecule has 0 atom stereocenters. The Labute approximate surface area is 91.3 Å². The minimum absolute atomic E-state index is 0.193. The number of hydrogen-bond acceptors (Lipinski definition) is 5. The zero-order chi connectivity index (χ0) is 10.5. The number of pyridine rings is 1. The zero-order valence-corrected chi connectivity index (χ0v) is 8.57. The molecule has 2 heterocycles. The summed E-state index contributed by atoms with van der Waals surface area (Å²) in [7, 11) is 0. The number of rotatable bonds is 3. The number of terminal acetylenes is 1. The molecule has 15 heavy (non-hydrogen) atoms. The lowest BCUT2D eigenvalue weighted by atomic mass is 10.2. The highest BCUT2D eigenvalue weighted by Crippen LogP contribution is 2.26. The van der Waals surface area contributed by atoms with Crippen molar-refractivity contribution in [3.8, 4) is 29.5 Å². The molecule has 2 aromatic rings. The highest BCUT2D eigenvalue weighted by atomic mass is 32.1. The van der Waals surface area contributed by atoms with Gasteiger partial charge in [0, 0.05) is 18.0 Å². The summed E-state index contributed by atoms with van der Waals surface area (Å²) in [4.78, 5) is 4.00. The van der Waals surface area contributed by atoms with Crippen LogP contribution in [-0.4, -0.2) is 20.3 Å². The fourth-order valence-corrected chi connectivity index (χ4v) is 1.58. The fourth-order valence-electron chi connectivity index (χ4n) is 1.06. The molecular weight excluding hydrogens is 210 g/mol. The molecule has 0 amide bonds. The summed E-state index contributed by atoms with van der Waals surface area (Å²) in [5.41, 5.74) is 1.56. The Morgan fingerprint density at radius 3 is 3.13 bits per heavy atom. The highest BCUT2D eigenvalue weighted by Gasteiger charge is 2.10. The maximum atomic E-state index is 5.25. The Balaban J connectivity index is 2.30. The lowest BCUT2D eigenvalue weighted by molar-refractivity contribution is 0.360. The third-order valence-corrected chi connectivity index (χ3v) is 2.20. The molecule has 0 saturated heterocycles. The van der Waals surface area contributed by atoms with Gasteiger partial charge in [-0.05, 0) is 12.1 Å². The van der Waals surface area contributed by atoms with Crippen LogP contribution in [0.25, 0.3) is 11.3 Å². The van der Waals surface area contributed by atoms with Crippen LogP contribution in [-0.2, 0) is 0 Å². The molecule has 0 aromatic carbocycles. The summed E-state index contributed by atoms with van der Waals surface area (Å²) in [6, 6.07) is 3.73. The van der Waals surface area contributed by atoms with Gasteiger partial charge >= 0.3 is 0 Å². The van der Waals surface area contributed by atoms with Gasteiger partial charge in [0.05, 0.1) is 11.7 Å². The summed E-state index contributed by atoms with van der Waals surface area (Å²) in [6.07, 6.45) is 8.51. The molecule has 0 aliphatic heterocycles. The van der Waals surface area contributed by atoms with Crippen LogP contribution in [0.15, 0.2) is 24.5 Å². The van der Waals surface area contributed by atoms with Crippen molar-refractivity contribution in [2.75, 3.05) is 6.61 Å². The summed E-state index contributed by atoms with van der Waals surface area (Å²) in [5, 5.41) is 0. The van der Waals surface area contributed by atoms with Crippen LogP contribution in [0.1, 0.15) is 0 Å². The monoisotopic (exact) mass is 217 g/mol. The van der Waals surface area contributed by atoms with Gasteiger partial charge < -0.3 is 4.74 Å². The average molecular weight is 217 g/mol. The molecule has 0 N–H and O–H groups in total. The van der Waals surface area contributed by atoms with Crippen molar-refractivity contribution < 1.29 is 4.74 Å². The van der Waals surface area contributed by atoms with Crippen molar-refractivity contribution in [2.24, 2.45) is 0 Å². The SMILES string of the molecule is C#CCOc1nsnc1-c1cccnc1. The topological polar surface area (TPSA) is 47.9 Å². The second-order valence-electron chi connectivity index (χ2n) is 2.65. The largest absolute Gasteiger partial charge is 0.462 e. The van der Waals surface area contributed by atoms with E-state index in [1.807, 2.05) is 12.1 Å². The number of hydrogen-bond donors (Lipinski definition) is 0. The highest BCUT2D eigenvalue weighted by molar-refractivity contribution is 6.99. The van der Waals surface area contributed by atoms with E-state index in [0.29, 0.717) is 11.6 Å². The Morgan fingerprint density at radius 2 is 2.40 bits per heavy atom. The molecule has 0 saturated carbocycles. The van der Waals surface area contributed by atoms with Crippen LogP contribution >= 0.6 is 11.7 Å². The van der Waals surface area contributed by atoms with Gasteiger partial charge in [-0.2, -0.15) is 4.37 Å². The molecule has 5 heteroatoms. The molecule has 0 unspecified atom stereocenters. The smallest absolute Gasteiger partial charge is 0.254 e. The van der Waals surface area contributed by atoms with Crippen molar-refractivity contribution >= 4 is 11.7 Å². The molecular formula is C10H7N3OS. The standard InChI is InChI=1S/C10H7N3OS/c1-2-6-14-10-9(12-15-13-10)8-4-3-5-11-7-8/h1,3-5,7H,6H2. The average Bonchev–Trinajstić information content (AvgIpc) is 2.75. The second kappa shape index (κ2) is 4.53. The van der Waals surface area contributed by atoms with E-state index < -0.39 is 0 Å². The molecule has 0 bridgehead atoms. The predicted molar refractivity (Wildman–Crippen MR) is 57.5 cm³/mol. The summed E-state index contributed by atoms with van der Waals surface area (Å²) < 4.78 is 13.4. The zero-order valence-electron chi connectivity index (χ0n) is 7.75. The normalized spacial score (nSPS) is 9.53. The number of aromatic nitrogens is 3. The second-order valence-corrected chi connectivity index (χ2v) is 3.18. The maximum Gasteiger partial charge on any atom is 0.254 e. The maximum absolute atomic E-state index is 5.25. The van der Waals surface area contributed by atoms with E-state index in [9.17, 15) is 0 Å². The lowest BCUT2D eigenvalue weighted by Crippen LogP contribution is -1.95. The van der Waals surface area contributed by atoms with Gasteiger partial charge in [0.2, 0.25) is 0 Å². The van der Waals surface area contributed by atoms with E-state index >= 15 is 0 Å². The van der Waals surface area contributed by atoms with Gasteiger partial charge in [0.1, 0.15) is 5.69 Å². The van der Waals surface area contributed by atoms with Crippen LogP contribution < -0.4 is 4.74 Å². The molecule has 2 aromatic heterocycles. The van der Waals surface area contributed by atoms with Crippen LogP contribution in [0.2, 0.25) is 0 Å². The minimum atomic E-state index is 0.193. The molecule has 0 fully saturated rings. The van der Waals surface area contributed by atoms with Gasteiger partial charge in [0.25, 0.3) is 5.88 Å². The van der Waals surface area contributed by atoms with E-state index in [4.69, 9.17) is 11.2 Å². The van der Waals surface area contributed by atoms with Crippen LogP contribution in [0.5, 0.6) is 5.88 Å². The van der Waals surface area contributed by atoms with Crippen molar-refractivity contribution in [3.05, 3.63) is 24.5 Å². The van der Waals surface area contributed by atoms with Gasteiger partial charge in [0.15, 0.2) is 6.61 Å². The van der Waals surface area contributed by atoms with Crippen LogP contribution in [0.4, 0.5) is 0 Å². The molecule has 0 spiro atoms. The minimum Gasteiger partial charge on any atom is -0.462 e. The van der Waals surface area contributed by atoms with Gasteiger partial charge in [-0.1, -0.05) is 5.92 Å². The molecule has 2 rings (SSSR count). The molecule has 74 valence electrons. The van der Waals surface area contributed by atoms with E-state index in [1.54, 1.807) is 12.4 Å². The first-order chi connectivity index (χ1) is 7.42. The van der Waals surface area contributed by atoms with E-state index in [2.05, 4.69) is 19.7 Å². The first-order valence-electron chi connectivity index (χ1n) is 4.21. The first kappa shape index (κ1) is 9.62. The predicted octanol–water partition coefficient (Wildman–Crippen LogP) is 1.61. The van der Waals surface area contributed by atoms with Crippen molar-refractivity contribution in [1.82, 2.24) is 13.7 Å². The summed E-state index contributed by atoms with van der Waals surface area (Å²) in [6.45, 7) is 0.193. The van der Waals surface area contributed by atoms with E-state index in [0.717, 1.165) is 17.3 Å². The Bertz CT molecular complexity index is 475. The first-order valence-corrected chi connectivity index (χ1v) is 4.94. The Morgan fingerprint density at radius 1 is 1.47 bits per heavy atom. The van der Waals surface area contributed by atoms with Crippen molar-refractivity contribution in [2.45, 2.75) is 0 Å².